The molecule has 1 aliphatic carbocycles. The van der Waals surface area contributed by atoms with Crippen molar-refractivity contribution in [2.45, 2.75) is 64.8 Å². The standard InChI is InChI=1S/C17H28N2/c1-4-17(2,3)16(19-18)12-14-10-7-9-13-8-5-6-11-15(13)14/h5-6,8,11,14,16,19H,4,7,9-10,12,18H2,1-3H3. The maximum atomic E-state index is 5.82. The molecule has 0 fully saturated rings. The molecule has 0 saturated carbocycles. The summed E-state index contributed by atoms with van der Waals surface area (Å²) in [4.78, 5) is 0. The molecule has 1 aromatic carbocycles. The van der Waals surface area contributed by atoms with Crippen LogP contribution in [-0.4, -0.2) is 6.04 Å². The van der Waals surface area contributed by atoms with E-state index < -0.39 is 0 Å². The Bertz CT molecular complexity index is 411. The first-order valence-corrected chi connectivity index (χ1v) is 7.62. The van der Waals surface area contributed by atoms with E-state index in [1.807, 2.05) is 0 Å². The molecule has 0 saturated heterocycles. The molecule has 0 radical (unpaired) electrons. The molecule has 106 valence electrons. The van der Waals surface area contributed by atoms with Crippen LogP contribution in [0.25, 0.3) is 0 Å². The Hall–Kier alpha value is -0.860. The first kappa shape index (κ1) is 14.5. The molecule has 2 atom stereocenters. The van der Waals surface area contributed by atoms with Gasteiger partial charge < -0.3 is 0 Å². The van der Waals surface area contributed by atoms with Crippen LogP contribution in [0.5, 0.6) is 0 Å². The van der Waals surface area contributed by atoms with E-state index in [0.29, 0.717) is 12.0 Å². The number of benzene rings is 1. The van der Waals surface area contributed by atoms with E-state index in [1.54, 1.807) is 11.1 Å². The lowest BCUT2D eigenvalue weighted by molar-refractivity contribution is 0.207. The maximum Gasteiger partial charge on any atom is 0.0267 e. The third-order valence-corrected chi connectivity index (χ3v) is 5.07. The van der Waals surface area contributed by atoms with Crippen molar-refractivity contribution in [1.29, 1.82) is 0 Å². The van der Waals surface area contributed by atoms with Gasteiger partial charge in [-0.25, -0.2) is 0 Å². The molecule has 0 heterocycles. The fourth-order valence-corrected chi connectivity index (χ4v) is 3.24. The van der Waals surface area contributed by atoms with Gasteiger partial charge in [0, 0.05) is 6.04 Å². The minimum Gasteiger partial charge on any atom is -0.271 e. The Labute approximate surface area is 117 Å². The molecule has 0 aliphatic heterocycles. The predicted molar refractivity (Wildman–Crippen MR) is 81.9 cm³/mol. The van der Waals surface area contributed by atoms with E-state index in [1.165, 1.54) is 19.3 Å². The summed E-state index contributed by atoms with van der Waals surface area (Å²) >= 11 is 0. The molecule has 2 rings (SSSR count). The molecule has 0 amide bonds. The minimum atomic E-state index is 0.251. The Morgan fingerprint density at radius 1 is 1.37 bits per heavy atom. The molecule has 19 heavy (non-hydrogen) atoms. The highest BCUT2D eigenvalue weighted by molar-refractivity contribution is 5.32. The Kier molecular flexibility index (Phi) is 4.64. The first-order valence-electron chi connectivity index (χ1n) is 7.62. The van der Waals surface area contributed by atoms with E-state index in [0.717, 1.165) is 12.8 Å². The van der Waals surface area contributed by atoms with Gasteiger partial charge in [0.2, 0.25) is 0 Å². The van der Waals surface area contributed by atoms with Crippen LogP contribution in [0.2, 0.25) is 0 Å². The van der Waals surface area contributed by atoms with Crippen molar-refractivity contribution in [2.24, 2.45) is 11.3 Å². The van der Waals surface area contributed by atoms with E-state index in [-0.39, 0.29) is 5.41 Å². The first-order chi connectivity index (χ1) is 9.08. The van der Waals surface area contributed by atoms with Crippen molar-refractivity contribution >= 4 is 0 Å². The molecule has 3 N–H and O–H groups in total. The summed E-state index contributed by atoms with van der Waals surface area (Å²) in [6.45, 7) is 6.87. The van der Waals surface area contributed by atoms with Crippen LogP contribution in [0.1, 0.15) is 63.5 Å². The van der Waals surface area contributed by atoms with Gasteiger partial charge in [-0.05, 0) is 54.6 Å². The second-order valence-corrected chi connectivity index (χ2v) is 6.59. The van der Waals surface area contributed by atoms with Crippen molar-refractivity contribution in [1.82, 2.24) is 5.43 Å². The van der Waals surface area contributed by atoms with Gasteiger partial charge >= 0.3 is 0 Å². The van der Waals surface area contributed by atoms with E-state index in [2.05, 4.69) is 50.5 Å². The molecule has 0 bridgehead atoms. The number of hydrogen-bond acceptors (Lipinski definition) is 2. The normalized spacial score (nSPS) is 20.9. The van der Waals surface area contributed by atoms with Crippen LogP contribution in [-0.2, 0) is 6.42 Å². The topological polar surface area (TPSA) is 38.0 Å². The van der Waals surface area contributed by atoms with Crippen molar-refractivity contribution in [3.63, 3.8) is 0 Å². The number of nitrogens with one attached hydrogen (secondary N) is 1. The summed E-state index contributed by atoms with van der Waals surface area (Å²) in [7, 11) is 0. The van der Waals surface area contributed by atoms with Crippen molar-refractivity contribution in [2.75, 3.05) is 0 Å². The number of rotatable bonds is 5. The molecule has 1 aromatic rings. The summed E-state index contributed by atoms with van der Waals surface area (Å²) < 4.78 is 0. The maximum absolute atomic E-state index is 5.82. The summed E-state index contributed by atoms with van der Waals surface area (Å²) in [6, 6.07) is 9.32. The Morgan fingerprint density at radius 2 is 2.11 bits per heavy atom. The summed E-state index contributed by atoms with van der Waals surface area (Å²) in [5.41, 5.74) is 6.42. The third-order valence-electron chi connectivity index (χ3n) is 5.07. The third kappa shape index (κ3) is 3.18. The zero-order chi connectivity index (χ0) is 13.9. The lowest BCUT2D eigenvalue weighted by atomic mass is 9.73. The highest BCUT2D eigenvalue weighted by Gasteiger charge is 2.31. The van der Waals surface area contributed by atoms with E-state index in [4.69, 9.17) is 5.84 Å². The van der Waals surface area contributed by atoms with Gasteiger partial charge in [0.15, 0.2) is 0 Å². The van der Waals surface area contributed by atoms with Crippen molar-refractivity contribution in [3.8, 4) is 0 Å². The average molecular weight is 260 g/mol. The number of fused-ring (bicyclic) bond motifs is 1. The molecule has 1 aliphatic rings. The molecule has 2 nitrogen and oxygen atoms in total. The summed E-state index contributed by atoms with van der Waals surface area (Å²) in [5.74, 6) is 6.49. The quantitative estimate of drug-likeness (QED) is 0.625. The molecular weight excluding hydrogens is 232 g/mol. The van der Waals surface area contributed by atoms with Crippen LogP contribution >= 0.6 is 0 Å². The Balaban J connectivity index is 2.15. The average Bonchev–Trinajstić information content (AvgIpc) is 2.44. The van der Waals surface area contributed by atoms with Gasteiger partial charge in [-0.2, -0.15) is 0 Å². The number of hydrogen-bond donors (Lipinski definition) is 2. The predicted octanol–water partition coefficient (Wildman–Crippen LogP) is 3.76. The highest BCUT2D eigenvalue weighted by Crippen LogP contribution is 2.38. The molecular formula is C17H28N2. The van der Waals surface area contributed by atoms with Gasteiger partial charge in [0.25, 0.3) is 0 Å². The lowest BCUT2D eigenvalue weighted by Crippen LogP contribution is -2.46. The molecule has 2 heteroatoms. The SMILES string of the molecule is CCC(C)(C)C(CC1CCCc2ccccc21)NN. The number of hydrazine groups is 1. The van der Waals surface area contributed by atoms with Crippen LogP contribution < -0.4 is 11.3 Å². The molecule has 0 aromatic heterocycles. The molecule has 0 spiro atoms. The lowest BCUT2D eigenvalue weighted by Gasteiger charge is -2.37. The smallest absolute Gasteiger partial charge is 0.0267 e. The monoisotopic (exact) mass is 260 g/mol. The van der Waals surface area contributed by atoms with Crippen LogP contribution in [0.4, 0.5) is 0 Å². The molecule has 2 unspecified atom stereocenters. The van der Waals surface area contributed by atoms with Gasteiger partial charge in [-0.3, -0.25) is 11.3 Å². The Morgan fingerprint density at radius 3 is 2.79 bits per heavy atom. The second kappa shape index (κ2) is 6.06. The van der Waals surface area contributed by atoms with Gasteiger partial charge in [-0.15, -0.1) is 0 Å². The number of aryl methyl sites for hydroxylation is 1. The van der Waals surface area contributed by atoms with E-state index in [9.17, 15) is 0 Å². The van der Waals surface area contributed by atoms with Crippen LogP contribution in [0.3, 0.4) is 0 Å². The fraction of sp³-hybridized carbons (Fsp3) is 0.647. The van der Waals surface area contributed by atoms with Gasteiger partial charge in [0.05, 0.1) is 0 Å². The number of nitrogens with two attached hydrogens (primary N) is 1. The highest BCUT2D eigenvalue weighted by atomic mass is 15.2. The fourth-order valence-electron chi connectivity index (χ4n) is 3.24. The van der Waals surface area contributed by atoms with Crippen molar-refractivity contribution < 1.29 is 0 Å². The zero-order valence-electron chi connectivity index (χ0n) is 12.6. The van der Waals surface area contributed by atoms with Crippen molar-refractivity contribution in [3.05, 3.63) is 35.4 Å². The summed E-state index contributed by atoms with van der Waals surface area (Å²) in [5, 5.41) is 0. The minimum absolute atomic E-state index is 0.251. The van der Waals surface area contributed by atoms with Crippen LogP contribution in [0.15, 0.2) is 24.3 Å². The van der Waals surface area contributed by atoms with Crippen LogP contribution in [0, 0.1) is 5.41 Å². The second-order valence-electron chi connectivity index (χ2n) is 6.59. The zero-order valence-corrected chi connectivity index (χ0v) is 12.6. The van der Waals surface area contributed by atoms with E-state index >= 15 is 0 Å². The van der Waals surface area contributed by atoms with Gasteiger partial charge in [-0.1, -0.05) is 45.0 Å². The largest absolute Gasteiger partial charge is 0.271 e. The van der Waals surface area contributed by atoms with Gasteiger partial charge in [0.1, 0.15) is 0 Å². The summed E-state index contributed by atoms with van der Waals surface area (Å²) in [6.07, 6.45) is 6.15.